The summed E-state index contributed by atoms with van der Waals surface area (Å²) in [4.78, 5) is 11.4. The zero-order valence-corrected chi connectivity index (χ0v) is 17.0. The van der Waals surface area contributed by atoms with Gasteiger partial charge >= 0.3 is 6.09 Å². The van der Waals surface area contributed by atoms with Crippen LogP contribution in [0.3, 0.4) is 0 Å². The SMILES string of the molecule is CC(C)Oc1ccc(-c2ccc3c(c2)CCC(C)(C)[C@H]3OC(N)=O)c(Cl)c1. The first-order chi connectivity index (χ1) is 12.7. The van der Waals surface area contributed by atoms with Gasteiger partial charge in [-0.05, 0) is 61.6 Å². The fraction of sp³-hybridized carbons (Fsp3) is 0.409. The van der Waals surface area contributed by atoms with E-state index in [1.807, 2.05) is 44.2 Å². The fourth-order valence-corrected chi connectivity index (χ4v) is 3.95. The summed E-state index contributed by atoms with van der Waals surface area (Å²) in [6, 6.07) is 11.9. The molecule has 0 spiro atoms. The molecule has 144 valence electrons. The van der Waals surface area contributed by atoms with E-state index in [1.165, 1.54) is 0 Å². The molecule has 2 aromatic rings. The van der Waals surface area contributed by atoms with Crippen LogP contribution >= 0.6 is 11.6 Å². The van der Waals surface area contributed by atoms with E-state index >= 15 is 0 Å². The van der Waals surface area contributed by atoms with Crippen LogP contribution < -0.4 is 10.5 Å². The summed E-state index contributed by atoms with van der Waals surface area (Å²) in [7, 11) is 0. The van der Waals surface area contributed by atoms with Crippen LogP contribution in [-0.2, 0) is 11.2 Å². The third-order valence-electron chi connectivity index (χ3n) is 5.03. The van der Waals surface area contributed by atoms with Crippen molar-refractivity contribution in [2.45, 2.75) is 52.7 Å². The molecule has 5 heteroatoms. The predicted octanol–water partition coefficient (Wildman–Crippen LogP) is 5.90. The Hall–Kier alpha value is -2.20. The number of rotatable bonds is 4. The molecule has 0 bridgehead atoms. The molecule has 27 heavy (non-hydrogen) atoms. The number of hydrogen-bond donors (Lipinski definition) is 1. The Balaban J connectivity index is 1.96. The Bertz CT molecular complexity index is 861. The van der Waals surface area contributed by atoms with Gasteiger partial charge in [0.15, 0.2) is 0 Å². The van der Waals surface area contributed by atoms with Gasteiger partial charge in [-0.3, -0.25) is 0 Å². The highest BCUT2D eigenvalue weighted by Crippen LogP contribution is 2.46. The summed E-state index contributed by atoms with van der Waals surface area (Å²) in [5.41, 5.74) is 9.31. The molecule has 0 saturated carbocycles. The maximum Gasteiger partial charge on any atom is 0.405 e. The largest absolute Gasteiger partial charge is 0.491 e. The van der Waals surface area contributed by atoms with Gasteiger partial charge in [-0.15, -0.1) is 0 Å². The quantitative estimate of drug-likeness (QED) is 0.709. The van der Waals surface area contributed by atoms with Crippen molar-refractivity contribution in [3.05, 3.63) is 52.5 Å². The molecule has 0 aromatic heterocycles. The number of hydrogen-bond acceptors (Lipinski definition) is 3. The molecule has 2 N–H and O–H groups in total. The number of amides is 1. The summed E-state index contributed by atoms with van der Waals surface area (Å²) in [6.07, 6.45) is 0.845. The zero-order chi connectivity index (χ0) is 19.8. The van der Waals surface area contributed by atoms with E-state index in [1.54, 1.807) is 0 Å². The number of fused-ring (bicyclic) bond motifs is 1. The first-order valence-corrected chi connectivity index (χ1v) is 9.60. The number of primary amides is 1. The van der Waals surface area contributed by atoms with Crippen LogP contribution in [0.15, 0.2) is 36.4 Å². The molecule has 0 radical (unpaired) electrons. The maximum absolute atomic E-state index is 11.4. The summed E-state index contributed by atoms with van der Waals surface area (Å²) in [6.45, 7) is 8.16. The number of aryl methyl sites for hydroxylation is 1. The van der Waals surface area contributed by atoms with E-state index in [9.17, 15) is 4.79 Å². The van der Waals surface area contributed by atoms with Crippen molar-refractivity contribution >= 4 is 17.7 Å². The second-order valence-electron chi connectivity index (χ2n) is 8.03. The van der Waals surface area contributed by atoms with Gasteiger partial charge in [-0.2, -0.15) is 0 Å². The molecule has 3 rings (SSSR count). The number of nitrogens with two attached hydrogens (primary N) is 1. The first-order valence-electron chi connectivity index (χ1n) is 9.23. The lowest BCUT2D eigenvalue weighted by Crippen LogP contribution is -2.33. The molecular formula is C22H26ClNO3. The van der Waals surface area contributed by atoms with E-state index in [0.29, 0.717) is 5.02 Å². The molecule has 1 aliphatic rings. The molecule has 1 aliphatic carbocycles. The molecule has 2 aromatic carbocycles. The van der Waals surface area contributed by atoms with Gasteiger partial charge in [0.2, 0.25) is 0 Å². The van der Waals surface area contributed by atoms with Crippen molar-refractivity contribution in [1.82, 2.24) is 0 Å². The molecule has 0 aliphatic heterocycles. The lowest BCUT2D eigenvalue weighted by atomic mass is 9.71. The summed E-state index contributed by atoms with van der Waals surface area (Å²) in [5.74, 6) is 0.758. The van der Waals surface area contributed by atoms with Crippen molar-refractivity contribution in [2.75, 3.05) is 0 Å². The Morgan fingerprint density at radius 2 is 1.96 bits per heavy atom. The van der Waals surface area contributed by atoms with Crippen LogP contribution in [-0.4, -0.2) is 12.2 Å². The molecule has 0 fully saturated rings. The van der Waals surface area contributed by atoms with Crippen LogP contribution in [0, 0.1) is 5.41 Å². The summed E-state index contributed by atoms with van der Waals surface area (Å²) in [5, 5.41) is 0.647. The molecule has 1 atom stereocenters. The third-order valence-corrected chi connectivity index (χ3v) is 5.34. The molecule has 4 nitrogen and oxygen atoms in total. The first kappa shape index (κ1) is 19.6. The smallest absolute Gasteiger partial charge is 0.405 e. The van der Waals surface area contributed by atoms with Gasteiger partial charge in [0.25, 0.3) is 0 Å². The predicted molar refractivity (Wildman–Crippen MR) is 108 cm³/mol. The van der Waals surface area contributed by atoms with Crippen molar-refractivity contribution in [3.8, 4) is 16.9 Å². The van der Waals surface area contributed by atoms with E-state index < -0.39 is 6.09 Å². The lowest BCUT2D eigenvalue weighted by molar-refractivity contribution is 0.0147. The number of carbonyl (C=O) groups is 1. The van der Waals surface area contributed by atoms with Crippen molar-refractivity contribution in [2.24, 2.45) is 11.1 Å². The highest BCUT2D eigenvalue weighted by molar-refractivity contribution is 6.33. The molecule has 0 saturated heterocycles. The second kappa shape index (κ2) is 7.43. The monoisotopic (exact) mass is 387 g/mol. The maximum atomic E-state index is 11.4. The lowest BCUT2D eigenvalue weighted by Gasteiger charge is -2.39. The van der Waals surface area contributed by atoms with E-state index in [2.05, 4.69) is 19.9 Å². The minimum Gasteiger partial charge on any atom is -0.491 e. The number of ether oxygens (including phenoxy) is 2. The second-order valence-corrected chi connectivity index (χ2v) is 8.43. The zero-order valence-electron chi connectivity index (χ0n) is 16.2. The number of halogens is 1. The topological polar surface area (TPSA) is 61.6 Å². The van der Waals surface area contributed by atoms with Crippen molar-refractivity contribution in [1.29, 1.82) is 0 Å². The highest BCUT2D eigenvalue weighted by Gasteiger charge is 2.38. The Morgan fingerprint density at radius 3 is 2.59 bits per heavy atom. The third kappa shape index (κ3) is 4.22. The minimum atomic E-state index is -0.742. The van der Waals surface area contributed by atoms with Crippen LogP contribution in [0.5, 0.6) is 5.75 Å². The van der Waals surface area contributed by atoms with Crippen LogP contribution in [0.1, 0.15) is 51.3 Å². The molecule has 1 amide bonds. The van der Waals surface area contributed by atoms with Crippen molar-refractivity contribution in [3.63, 3.8) is 0 Å². The van der Waals surface area contributed by atoms with Crippen LogP contribution in [0.2, 0.25) is 5.02 Å². The van der Waals surface area contributed by atoms with Crippen LogP contribution in [0.25, 0.3) is 11.1 Å². The minimum absolute atomic E-state index is 0.0983. The Labute approximate surface area is 165 Å². The normalized spacial score (nSPS) is 18.1. The molecule has 0 heterocycles. The van der Waals surface area contributed by atoms with Gasteiger partial charge < -0.3 is 15.2 Å². The number of carbonyl (C=O) groups excluding carboxylic acids is 1. The average Bonchev–Trinajstić information content (AvgIpc) is 2.56. The summed E-state index contributed by atoms with van der Waals surface area (Å²) < 4.78 is 11.2. The highest BCUT2D eigenvalue weighted by atomic mass is 35.5. The van der Waals surface area contributed by atoms with Crippen molar-refractivity contribution < 1.29 is 14.3 Å². The Morgan fingerprint density at radius 1 is 1.22 bits per heavy atom. The fourth-order valence-electron chi connectivity index (χ4n) is 3.67. The standard InChI is InChI=1S/C22H26ClNO3/c1-13(2)26-16-6-8-17(19(23)12-16)14-5-7-18-15(11-14)9-10-22(3,4)20(18)27-21(24)25/h5-8,11-13,20H,9-10H2,1-4H3,(H2,24,25)/t20-/m0/s1. The van der Waals surface area contributed by atoms with E-state index in [-0.39, 0.29) is 17.6 Å². The van der Waals surface area contributed by atoms with Gasteiger partial charge in [0.1, 0.15) is 11.9 Å². The summed E-state index contributed by atoms with van der Waals surface area (Å²) >= 11 is 6.51. The van der Waals surface area contributed by atoms with Gasteiger partial charge in [-0.1, -0.05) is 43.6 Å². The average molecular weight is 388 g/mol. The number of benzene rings is 2. The van der Waals surface area contributed by atoms with Gasteiger partial charge in [0, 0.05) is 11.0 Å². The van der Waals surface area contributed by atoms with Gasteiger partial charge in [0.05, 0.1) is 11.1 Å². The van der Waals surface area contributed by atoms with E-state index in [0.717, 1.165) is 40.8 Å². The van der Waals surface area contributed by atoms with Gasteiger partial charge in [-0.25, -0.2) is 4.79 Å². The van der Waals surface area contributed by atoms with Crippen LogP contribution in [0.4, 0.5) is 4.79 Å². The Kier molecular flexibility index (Phi) is 5.38. The molecule has 0 unspecified atom stereocenters. The molecular weight excluding hydrogens is 362 g/mol. The van der Waals surface area contributed by atoms with E-state index in [4.69, 9.17) is 26.8 Å².